The topological polar surface area (TPSA) is 106 Å². The smallest absolute Gasteiger partial charge is 0.323 e. The molecular weight excluding hydrogens is 294 g/mol. The van der Waals surface area contributed by atoms with Gasteiger partial charge in [-0.25, -0.2) is 8.42 Å². The summed E-state index contributed by atoms with van der Waals surface area (Å²) in [5.74, 6) is 0.939. The molecule has 1 rings (SSSR count). The van der Waals surface area contributed by atoms with Gasteiger partial charge in [0.05, 0.1) is 12.4 Å². The highest BCUT2D eigenvalue weighted by Gasteiger charge is 2.07. The minimum absolute atomic E-state index is 0.129. The van der Waals surface area contributed by atoms with Crippen molar-refractivity contribution < 1.29 is 13.2 Å². The number of aromatic nitrogens is 3. The van der Waals surface area contributed by atoms with Crippen LogP contribution >= 0.6 is 0 Å². The van der Waals surface area contributed by atoms with E-state index in [4.69, 9.17) is 4.74 Å². The molecule has 0 saturated heterocycles. The van der Waals surface area contributed by atoms with Crippen LogP contribution in [0.3, 0.4) is 0 Å². The number of nitrogens with one attached hydrogen (secondary N) is 2. The lowest BCUT2D eigenvalue weighted by atomic mass is 10.5. The highest BCUT2D eigenvalue weighted by molar-refractivity contribution is 7.90. The fraction of sp³-hybridized carbons (Fsp3) is 0.750. The molecule has 0 bridgehead atoms. The normalized spacial score (nSPS) is 11.2. The summed E-state index contributed by atoms with van der Waals surface area (Å²) >= 11 is 0. The van der Waals surface area contributed by atoms with Crippen LogP contribution in [0.15, 0.2) is 0 Å². The summed E-state index contributed by atoms with van der Waals surface area (Å²) < 4.78 is 27.5. The Morgan fingerprint density at radius 1 is 1.10 bits per heavy atom. The van der Waals surface area contributed by atoms with Crippen molar-refractivity contribution in [2.45, 2.75) is 26.7 Å². The molecular formula is C12H23N5O3S. The van der Waals surface area contributed by atoms with Gasteiger partial charge in [0.25, 0.3) is 0 Å². The fourth-order valence-corrected chi connectivity index (χ4v) is 2.13. The SMILES string of the molecule is CCCOc1nc(NCC)nc(NCCCS(C)(=O)=O)n1. The molecule has 1 aromatic rings. The molecule has 0 aliphatic rings. The van der Waals surface area contributed by atoms with Crippen molar-refractivity contribution in [3.8, 4) is 6.01 Å². The maximum atomic E-state index is 11.1. The van der Waals surface area contributed by atoms with Crippen LogP contribution in [-0.2, 0) is 9.84 Å². The van der Waals surface area contributed by atoms with Gasteiger partial charge >= 0.3 is 6.01 Å². The van der Waals surface area contributed by atoms with E-state index in [1.165, 1.54) is 6.26 Å². The molecule has 0 radical (unpaired) electrons. The molecule has 0 unspecified atom stereocenters. The van der Waals surface area contributed by atoms with Crippen LogP contribution in [0.2, 0.25) is 0 Å². The van der Waals surface area contributed by atoms with Gasteiger partial charge in [0.2, 0.25) is 11.9 Å². The molecule has 0 aliphatic carbocycles. The van der Waals surface area contributed by atoms with E-state index in [-0.39, 0.29) is 11.8 Å². The quantitative estimate of drug-likeness (QED) is 0.614. The number of anilines is 2. The van der Waals surface area contributed by atoms with E-state index in [9.17, 15) is 8.42 Å². The Bertz CT molecular complexity index is 536. The average molecular weight is 317 g/mol. The van der Waals surface area contributed by atoms with Gasteiger partial charge in [-0.3, -0.25) is 0 Å². The molecule has 0 fully saturated rings. The molecule has 21 heavy (non-hydrogen) atoms. The van der Waals surface area contributed by atoms with E-state index in [2.05, 4.69) is 25.6 Å². The Kier molecular flexibility index (Phi) is 7.13. The Morgan fingerprint density at radius 2 is 1.76 bits per heavy atom. The van der Waals surface area contributed by atoms with Crippen molar-refractivity contribution in [1.82, 2.24) is 15.0 Å². The number of hydrogen-bond donors (Lipinski definition) is 2. The Balaban J connectivity index is 2.64. The third-order valence-corrected chi connectivity index (χ3v) is 3.39. The lowest BCUT2D eigenvalue weighted by Crippen LogP contribution is -2.14. The minimum atomic E-state index is -2.95. The summed E-state index contributed by atoms with van der Waals surface area (Å²) in [7, 11) is -2.95. The van der Waals surface area contributed by atoms with Crippen LogP contribution in [0.4, 0.5) is 11.9 Å². The summed E-state index contributed by atoms with van der Waals surface area (Å²) in [4.78, 5) is 12.5. The zero-order valence-electron chi connectivity index (χ0n) is 12.7. The Hall–Kier alpha value is -1.64. The molecule has 0 saturated carbocycles. The van der Waals surface area contributed by atoms with E-state index in [0.717, 1.165) is 6.42 Å². The van der Waals surface area contributed by atoms with E-state index in [1.807, 2.05) is 13.8 Å². The van der Waals surface area contributed by atoms with Gasteiger partial charge in [0.15, 0.2) is 0 Å². The van der Waals surface area contributed by atoms with Gasteiger partial charge in [0.1, 0.15) is 9.84 Å². The third-order valence-electron chi connectivity index (χ3n) is 2.36. The van der Waals surface area contributed by atoms with Gasteiger partial charge in [-0.2, -0.15) is 15.0 Å². The molecule has 2 N–H and O–H groups in total. The van der Waals surface area contributed by atoms with Gasteiger partial charge in [-0.15, -0.1) is 0 Å². The summed E-state index contributed by atoms with van der Waals surface area (Å²) in [6, 6.07) is 0.258. The maximum Gasteiger partial charge on any atom is 0.323 e. The van der Waals surface area contributed by atoms with Crippen molar-refractivity contribution in [2.75, 3.05) is 42.3 Å². The summed E-state index contributed by atoms with van der Waals surface area (Å²) in [6.07, 6.45) is 2.57. The number of sulfone groups is 1. The number of ether oxygens (including phenoxy) is 1. The highest BCUT2D eigenvalue weighted by Crippen LogP contribution is 2.11. The summed E-state index contributed by atoms with van der Waals surface area (Å²) in [6.45, 7) is 5.62. The fourth-order valence-electron chi connectivity index (χ4n) is 1.47. The molecule has 1 heterocycles. The lowest BCUT2D eigenvalue weighted by Gasteiger charge is -2.09. The molecule has 0 atom stereocenters. The number of hydrogen-bond acceptors (Lipinski definition) is 8. The zero-order valence-corrected chi connectivity index (χ0v) is 13.5. The second-order valence-electron chi connectivity index (χ2n) is 4.55. The first-order valence-corrected chi connectivity index (χ1v) is 9.05. The lowest BCUT2D eigenvalue weighted by molar-refractivity contribution is 0.292. The molecule has 1 aromatic heterocycles. The second kappa shape index (κ2) is 8.60. The largest absolute Gasteiger partial charge is 0.463 e. The number of rotatable bonds is 10. The standard InChI is InChI=1S/C12H23N5O3S/c1-4-8-20-12-16-10(13-5-2)15-11(17-12)14-7-6-9-21(3,18)19/h4-9H2,1-3H3,(H2,13,14,15,16,17). The minimum Gasteiger partial charge on any atom is -0.463 e. The Morgan fingerprint density at radius 3 is 2.33 bits per heavy atom. The van der Waals surface area contributed by atoms with Gasteiger partial charge in [0, 0.05) is 19.3 Å². The van der Waals surface area contributed by atoms with Crippen molar-refractivity contribution in [2.24, 2.45) is 0 Å². The van der Waals surface area contributed by atoms with E-state index in [1.54, 1.807) is 0 Å². The van der Waals surface area contributed by atoms with Gasteiger partial charge < -0.3 is 15.4 Å². The molecule has 0 amide bonds. The molecule has 9 heteroatoms. The Labute approximate surface area is 125 Å². The predicted octanol–water partition coefficient (Wildman–Crippen LogP) is 0.939. The van der Waals surface area contributed by atoms with Gasteiger partial charge in [-0.05, 0) is 19.8 Å². The van der Waals surface area contributed by atoms with E-state index < -0.39 is 9.84 Å². The zero-order chi connectivity index (χ0) is 15.7. The van der Waals surface area contributed by atoms with E-state index >= 15 is 0 Å². The van der Waals surface area contributed by atoms with Crippen LogP contribution in [0.1, 0.15) is 26.7 Å². The van der Waals surface area contributed by atoms with Crippen molar-refractivity contribution in [3.05, 3.63) is 0 Å². The van der Waals surface area contributed by atoms with Gasteiger partial charge in [-0.1, -0.05) is 6.92 Å². The monoisotopic (exact) mass is 317 g/mol. The van der Waals surface area contributed by atoms with Crippen LogP contribution < -0.4 is 15.4 Å². The first kappa shape index (κ1) is 17.4. The van der Waals surface area contributed by atoms with Crippen LogP contribution in [0.25, 0.3) is 0 Å². The molecule has 0 spiro atoms. The van der Waals surface area contributed by atoms with Crippen LogP contribution in [0, 0.1) is 0 Å². The number of nitrogens with zero attached hydrogens (tertiary/aromatic N) is 3. The molecule has 120 valence electrons. The predicted molar refractivity (Wildman–Crippen MR) is 82.6 cm³/mol. The molecule has 8 nitrogen and oxygen atoms in total. The third kappa shape index (κ3) is 7.64. The average Bonchev–Trinajstić information content (AvgIpc) is 2.41. The van der Waals surface area contributed by atoms with Crippen molar-refractivity contribution in [1.29, 1.82) is 0 Å². The second-order valence-corrected chi connectivity index (χ2v) is 6.81. The van der Waals surface area contributed by atoms with Crippen molar-refractivity contribution in [3.63, 3.8) is 0 Å². The van der Waals surface area contributed by atoms with Crippen molar-refractivity contribution >= 4 is 21.7 Å². The summed E-state index contributed by atoms with van der Waals surface area (Å²) in [5.41, 5.74) is 0. The molecule has 0 aliphatic heterocycles. The van der Waals surface area contributed by atoms with Crippen LogP contribution in [0.5, 0.6) is 6.01 Å². The first-order chi connectivity index (χ1) is 9.94. The highest BCUT2D eigenvalue weighted by atomic mass is 32.2. The molecule has 0 aromatic carbocycles. The maximum absolute atomic E-state index is 11.1. The first-order valence-electron chi connectivity index (χ1n) is 6.99. The van der Waals surface area contributed by atoms with E-state index in [0.29, 0.717) is 38.0 Å². The van der Waals surface area contributed by atoms with Crippen LogP contribution in [-0.4, -0.2) is 55.1 Å². The summed E-state index contributed by atoms with van der Waals surface area (Å²) in [5, 5.41) is 5.99.